The van der Waals surface area contributed by atoms with Gasteiger partial charge >= 0.3 is 5.97 Å². The van der Waals surface area contributed by atoms with Crippen LogP contribution in [0.4, 0.5) is 5.69 Å². The lowest BCUT2D eigenvalue weighted by Gasteiger charge is -2.14. The molecule has 1 aliphatic rings. The lowest BCUT2D eigenvalue weighted by molar-refractivity contribution is 0.0601. The molecule has 0 saturated heterocycles. The predicted octanol–water partition coefficient (Wildman–Crippen LogP) is 4.06. The molecule has 6 nitrogen and oxygen atoms in total. The summed E-state index contributed by atoms with van der Waals surface area (Å²) in [6.07, 6.45) is 4.84. The molecule has 142 valence electrons. The molecule has 1 fully saturated rings. The SMILES string of the molecule is COC(=O)c1cc(OC)ccc1NC(=O)c1ccc(OC2CCCC2)cc1. The third-order valence-corrected chi connectivity index (χ3v) is 4.60. The molecule has 0 heterocycles. The molecule has 1 aliphatic carbocycles. The van der Waals surface area contributed by atoms with Gasteiger partial charge in [0.2, 0.25) is 0 Å². The van der Waals surface area contributed by atoms with Crippen molar-refractivity contribution in [1.82, 2.24) is 0 Å². The number of esters is 1. The van der Waals surface area contributed by atoms with Crippen LogP contribution < -0.4 is 14.8 Å². The summed E-state index contributed by atoms with van der Waals surface area (Å²) in [5.41, 5.74) is 1.06. The monoisotopic (exact) mass is 369 g/mol. The van der Waals surface area contributed by atoms with E-state index in [1.54, 1.807) is 36.4 Å². The summed E-state index contributed by atoms with van der Waals surface area (Å²) >= 11 is 0. The lowest BCUT2D eigenvalue weighted by Crippen LogP contribution is -2.16. The molecule has 0 spiro atoms. The number of nitrogens with one attached hydrogen (secondary N) is 1. The van der Waals surface area contributed by atoms with E-state index in [0.29, 0.717) is 17.0 Å². The van der Waals surface area contributed by atoms with E-state index in [0.717, 1.165) is 18.6 Å². The molecule has 0 unspecified atom stereocenters. The number of carbonyl (C=O) groups is 2. The summed E-state index contributed by atoms with van der Waals surface area (Å²) in [5.74, 6) is 0.391. The van der Waals surface area contributed by atoms with Gasteiger partial charge in [0.25, 0.3) is 5.91 Å². The Bertz CT molecular complexity index is 810. The second kappa shape index (κ2) is 8.58. The number of carbonyl (C=O) groups excluding carboxylic acids is 2. The smallest absolute Gasteiger partial charge is 0.340 e. The fraction of sp³-hybridized carbons (Fsp3) is 0.333. The normalized spacial score (nSPS) is 13.9. The van der Waals surface area contributed by atoms with E-state index < -0.39 is 5.97 Å². The van der Waals surface area contributed by atoms with Gasteiger partial charge in [-0.05, 0) is 68.1 Å². The Labute approximate surface area is 158 Å². The van der Waals surface area contributed by atoms with Crippen molar-refractivity contribution in [2.24, 2.45) is 0 Å². The van der Waals surface area contributed by atoms with E-state index in [-0.39, 0.29) is 17.6 Å². The van der Waals surface area contributed by atoms with E-state index in [9.17, 15) is 9.59 Å². The molecule has 1 amide bonds. The van der Waals surface area contributed by atoms with Crippen molar-refractivity contribution in [2.45, 2.75) is 31.8 Å². The molecule has 3 rings (SSSR count). The molecular formula is C21H23NO5. The highest BCUT2D eigenvalue weighted by Crippen LogP contribution is 2.26. The number of methoxy groups -OCH3 is 2. The minimum atomic E-state index is -0.551. The first kappa shape index (κ1) is 18.8. The van der Waals surface area contributed by atoms with E-state index in [1.165, 1.54) is 33.1 Å². The summed E-state index contributed by atoms with van der Waals surface area (Å²) in [5, 5.41) is 2.75. The maximum atomic E-state index is 12.6. The average molecular weight is 369 g/mol. The van der Waals surface area contributed by atoms with Crippen LogP contribution in [-0.2, 0) is 4.74 Å². The average Bonchev–Trinajstić information content (AvgIpc) is 3.21. The molecule has 0 aliphatic heterocycles. The molecule has 0 radical (unpaired) electrons. The van der Waals surface area contributed by atoms with Gasteiger partial charge in [0.1, 0.15) is 11.5 Å². The van der Waals surface area contributed by atoms with Gasteiger partial charge in [-0.15, -0.1) is 0 Å². The van der Waals surface area contributed by atoms with Crippen LogP contribution in [0.5, 0.6) is 11.5 Å². The zero-order valence-electron chi connectivity index (χ0n) is 15.5. The first-order valence-electron chi connectivity index (χ1n) is 8.95. The zero-order valence-corrected chi connectivity index (χ0v) is 15.5. The second-order valence-corrected chi connectivity index (χ2v) is 6.41. The summed E-state index contributed by atoms with van der Waals surface area (Å²) in [6.45, 7) is 0. The van der Waals surface area contributed by atoms with Gasteiger partial charge in [0, 0.05) is 5.56 Å². The van der Waals surface area contributed by atoms with Crippen LogP contribution in [0, 0.1) is 0 Å². The third kappa shape index (κ3) is 4.58. The van der Waals surface area contributed by atoms with Gasteiger partial charge in [0.15, 0.2) is 0 Å². The highest BCUT2D eigenvalue weighted by molar-refractivity contribution is 6.08. The standard InChI is InChI=1S/C21H23NO5/c1-25-17-11-12-19(18(13-17)21(24)26-2)22-20(23)14-7-9-16(10-8-14)27-15-5-3-4-6-15/h7-13,15H,3-6H2,1-2H3,(H,22,23). The maximum absolute atomic E-state index is 12.6. The van der Waals surface area contributed by atoms with Gasteiger partial charge in [-0.1, -0.05) is 0 Å². The van der Waals surface area contributed by atoms with Gasteiger partial charge in [0.05, 0.1) is 31.6 Å². The van der Waals surface area contributed by atoms with Gasteiger partial charge in [-0.25, -0.2) is 4.79 Å². The quantitative estimate of drug-likeness (QED) is 0.778. The molecule has 0 bridgehead atoms. The van der Waals surface area contributed by atoms with Crippen LogP contribution in [0.15, 0.2) is 42.5 Å². The summed E-state index contributed by atoms with van der Waals surface area (Å²) in [7, 11) is 2.79. The van der Waals surface area contributed by atoms with E-state index in [4.69, 9.17) is 14.2 Å². The van der Waals surface area contributed by atoms with Gasteiger partial charge < -0.3 is 19.5 Å². The number of ether oxygens (including phenoxy) is 3. The largest absolute Gasteiger partial charge is 0.497 e. The van der Waals surface area contributed by atoms with Crippen molar-refractivity contribution in [2.75, 3.05) is 19.5 Å². The Morgan fingerprint density at radius 2 is 1.63 bits per heavy atom. The Balaban J connectivity index is 1.72. The van der Waals surface area contributed by atoms with Crippen molar-refractivity contribution in [3.63, 3.8) is 0 Å². The van der Waals surface area contributed by atoms with Crippen LogP contribution in [0.2, 0.25) is 0 Å². The molecule has 27 heavy (non-hydrogen) atoms. The fourth-order valence-corrected chi connectivity index (χ4v) is 3.12. The number of rotatable bonds is 6. The van der Waals surface area contributed by atoms with Crippen LogP contribution >= 0.6 is 0 Å². The topological polar surface area (TPSA) is 73.9 Å². The summed E-state index contributed by atoms with van der Waals surface area (Å²) in [4.78, 5) is 24.5. The zero-order chi connectivity index (χ0) is 19.2. The highest BCUT2D eigenvalue weighted by Gasteiger charge is 2.18. The Morgan fingerprint density at radius 1 is 0.963 bits per heavy atom. The first-order valence-corrected chi connectivity index (χ1v) is 8.95. The summed E-state index contributed by atoms with van der Waals surface area (Å²) < 4.78 is 15.8. The van der Waals surface area contributed by atoms with E-state index >= 15 is 0 Å². The highest BCUT2D eigenvalue weighted by atomic mass is 16.5. The lowest BCUT2D eigenvalue weighted by atomic mass is 10.1. The van der Waals surface area contributed by atoms with Crippen LogP contribution in [0.1, 0.15) is 46.4 Å². The number of hydrogen-bond donors (Lipinski definition) is 1. The van der Waals surface area contributed by atoms with Crippen molar-refractivity contribution in [3.8, 4) is 11.5 Å². The molecule has 0 atom stereocenters. The molecule has 2 aromatic carbocycles. The molecular weight excluding hydrogens is 346 g/mol. The Kier molecular flexibility index (Phi) is 5.96. The molecule has 1 saturated carbocycles. The van der Waals surface area contributed by atoms with Crippen LogP contribution in [-0.4, -0.2) is 32.2 Å². The van der Waals surface area contributed by atoms with E-state index in [1.807, 2.05) is 0 Å². The molecule has 6 heteroatoms. The Hall–Kier alpha value is -3.02. The minimum absolute atomic E-state index is 0.228. The summed E-state index contributed by atoms with van der Waals surface area (Å²) in [6, 6.07) is 11.8. The molecule has 1 N–H and O–H groups in total. The molecule has 2 aromatic rings. The van der Waals surface area contributed by atoms with Crippen LogP contribution in [0.25, 0.3) is 0 Å². The Morgan fingerprint density at radius 3 is 2.26 bits per heavy atom. The van der Waals surface area contributed by atoms with Crippen molar-refractivity contribution in [1.29, 1.82) is 0 Å². The number of anilines is 1. The number of benzene rings is 2. The number of hydrogen-bond acceptors (Lipinski definition) is 5. The van der Waals surface area contributed by atoms with Crippen molar-refractivity contribution in [3.05, 3.63) is 53.6 Å². The predicted molar refractivity (Wildman–Crippen MR) is 102 cm³/mol. The van der Waals surface area contributed by atoms with Crippen LogP contribution in [0.3, 0.4) is 0 Å². The van der Waals surface area contributed by atoms with Gasteiger partial charge in [-0.3, -0.25) is 4.79 Å². The van der Waals surface area contributed by atoms with Gasteiger partial charge in [-0.2, -0.15) is 0 Å². The first-order chi connectivity index (χ1) is 13.1. The number of amides is 1. The van der Waals surface area contributed by atoms with Crippen molar-refractivity contribution >= 4 is 17.6 Å². The van der Waals surface area contributed by atoms with Crippen molar-refractivity contribution < 1.29 is 23.8 Å². The fourth-order valence-electron chi connectivity index (χ4n) is 3.12. The second-order valence-electron chi connectivity index (χ2n) is 6.41. The van der Waals surface area contributed by atoms with E-state index in [2.05, 4.69) is 5.32 Å². The third-order valence-electron chi connectivity index (χ3n) is 4.60. The molecule has 0 aromatic heterocycles. The minimum Gasteiger partial charge on any atom is -0.497 e. The maximum Gasteiger partial charge on any atom is 0.340 e.